The first-order valence-electron chi connectivity index (χ1n) is 5.56. The summed E-state index contributed by atoms with van der Waals surface area (Å²) in [6, 6.07) is 2.04. The van der Waals surface area contributed by atoms with Crippen LogP contribution in [0.1, 0.15) is 48.4 Å². The molecule has 2 heterocycles. The van der Waals surface area contributed by atoms with Crippen LogP contribution in [0.4, 0.5) is 0 Å². The van der Waals surface area contributed by atoms with Crippen LogP contribution in [0.15, 0.2) is 6.07 Å². The lowest BCUT2D eigenvalue weighted by Gasteiger charge is -2.09. The topological polar surface area (TPSA) is 28.7 Å². The van der Waals surface area contributed by atoms with Gasteiger partial charge in [-0.15, -0.1) is 0 Å². The molecule has 4 heteroatoms. The number of thioether (sulfide) groups is 1. The summed E-state index contributed by atoms with van der Waals surface area (Å²) in [7, 11) is 0. The highest BCUT2D eigenvalue weighted by Crippen LogP contribution is 2.41. The largest absolute Gasteiger partial charge is 0.346 e. The maximum Gasteiger partial charge on any atom is 0.130 e. The van der Waals surface area contributed by atoms with E-state index in [1.165, 1.54) is 37.1 Å². The minimum atomic E-state index is 0.561. The highest BCUT2D eigenvalue weighted by atomic mass is 32.2. The van der Waals surface area contributed by atoms with Gasteiger partial charge in [0.2, 0.25) is 0 Å². The van der Waals surface area contributed by atoms with Crippen molar-refractivity contribution in [1.29, 1.82) is 0 Å². The molecule has 2 fully saturated rings. The van der Waals surface area contributed by atoms with Gasteiger partial charge >= 0.3 is 0 Å². The summed E-state index contributed by atoms with van der Waals surface area (Å²) in [6.07, 6.45) is 5.18. The molecule has 1 N–H and O–H groups in total. The van der Waals surface area contributed by atoms with E-state index in [0.717, 1.165) is 16.4 Å². The van der Waals surface area contributed by atoms with Gasteiger partial charge in [0.1, 0.15) is 10.5 Å². The predicted octanol–water partition coefficient (Wildman–Crippen LogP) is 3.58. The van der Waals surface area contributed by atoms with E-state index in [1.54, 1.807) is 0 Å². The van der Waals surface area contributed by atoms with Gasteiger partial charge in [0.05, 0.1) is 5.25 Å². The Hall–Kier alpha value is -0.350. The first kappa shape index (κ1) is 9.85. The summed E-state index contributed by atoms with van der Waals surface area (Å²) in [5.74, 6) is 3.12. The fourth-order valence-electron chi connectivity index (χ4n) is 2.06. The second kappa shape index (κ2) is 3.91. The van der Waals surface area contributed by atoms with Crippen LogP contribution in [-0.4, -0.2) is 15.7 Å². The van der Waals surface area contributed by atoms with Crippen molar-refractivity contribution >= 4 is 24.0 Å². The van der Waals surface area contributed by atoms with Crippen LogP contribution in [0, 0.1) is 4.64 Å². The van der Waals surface area contributed by atoms with E-state index >= 15 is 0 Å². The quantitative estimate of drug-likeness (QED) is 0.798. The van der Waals surface area contributed by atoms with Crippen LogP contribution in [0.2, 0.25) is 0 Å². The Morgan fingerprint density at radius 1 is 1.40 bits per heavy atom. The van der Waals surface area contributed by atoms with Crippen molar-refractivity contribution in [3.8, 4) is 0 Å². The normalized spacial score (nSPS) is 25.7. The Morgan fingerprint density at radius 2 is 2.27 bits per heavy atom. The predicted molar refractivity (Wildman–Crippen MR) is 65.8 cm³/mol. The minimum absolute atomic E-state index is 0.561. The Kier molecular flexibility index (Phi) is 2.56. The van der Waals surface area contributed by atoms with E-state index in [0.29, 0.717) is 5.25 Å². The Balaban J connectivity index is 1.95. The van der Waals surface area contributed by atoms with Gasteiger partial charge in [0, 0.05) is 5.69 Å². The highest BCUT2D eigenvalue weighted by Gasteiger charge is 2.26. The van der Waals surface area contributed by atoms with Crippen molar-refractivity contribution < 1.29 is 0 Å². The number of hydrogen-bond donors (Lipinski definition) is 1. The van der Waals surface area contributed by atoms with E-state index in [4.69, 9.17) is 12.2 Å². The molecule has 1 aromatic heterocycles. The van der Waals surface area contributed by atoms with Crippen molar-refractivity contribution in [1.82, 2.24) is 9.97 Å². The van der Waals surface area contributed by atoms with Gasteiger partial charge in [0.15, 0.2) is 0 Å². The lowest BCUT2D eigenvalue weighted by atomic mass is 10.2. The smallest absolute Gasteiger partial charge is 0.130 e. The van der Waals surface area contributed by atoms with Gasteiger partial charge in [-0.3, -0.25) is 0 Å². The fourth-order valence-corrected chi connectivity index (χ4v) is 3.50. The number of rotatable bonds is 2. The molecule has 3 rings (SSSR count). The second-order valence-corrected chi connectivity index (χ2v) is 6.06. The van der Waals surface area contributed by atoms with Gasteiger partial charge in [-0.25, -0.2) is 4.98 Å². The molecule has 1 aliphatic carbocycles. The number of aromatic nitrogens is 2. The number of aromatic amines is 1. The Bertz CT molecular complexity index is 417. The number of H-pyrrole nitrogens is 1. The maximum absolute atomic E-state index is 5.23. The fraction of sp³-hybridized carbons (Fsp3) is 0.636. The van der Waals surface area contributed by atoms with Crippen molar-refractivity contribution in [2.24, 2.45) is 0 Å². The monoisotopic (exact) mass is 238 g/mol. The van der Waals surface area contributed by atoms with Crippen LogP contribution in [0.3, 0.4) is 0 Å². The third kappa shape index (κ3) is 2.11. The molecular formula is C11H14N2S2. The molecule has 1 saturated heterocycles. The van der Waals surface area contributed by atoms with E-state index < -0.39 is 0 Å². The molecular weight excluding hydrogens is 224 g/mol. The number of hydrogen-bond acceptors (Lipinski definition) is 3. The molecule has 2 nitrogen and oxygen atoms in total. The minimum Gasteiger partial charge on any atom is -0.346 e. The first-order valence-corrected chi connectivity index (χ1v) is 7.01. The van der Waals surface area contributed by atoms with Crippen molar-refractivity contribution in [3.05, 3.63) is 22.2 Å². The zero-order chi connectivity index (χ0) is 10.3. The van der Waals surface area contributed by atoms with Crippen molar-refractivity contribution in [2.45, 2.75) is 36.9 Å². The molecule has 15 heavy (non-hydrogen) atoms. The van der Waals surface area contributed by atoms with E-state index in [2.05, 4.69) is 9.97 Å². The maximum atomic E-state index is 5.23. The van der Waals surface area contributed by atoms with E-state index in [1.807, 2.05) is 17.8 Å². The first-order chi connectivity index (χ1) is 7.33. The number of nitrogens with zero attached hydrogens (tertiary/aromatic N) is 1. The van der Waals surface area contributed by atoms with E-state index in [-0.39, 0.29) is 0 Å². The molecule has 0 aromatic carbocycles. The van der Waals surface area contributed by atoms with Crippen molar-refractivity contribution in [2.75, 3.05) is 5.75 Å². The molecule has 80 valence electrons. The molecule has 1 aliphatic heterocycles. The molecule has 0 amide bonds. The molecule has 2 aliphatic rings. The average molecular weight is 238 g/mol. The summed E-state index contributed by atoms with van der Waals surface area (Å²) < 4.78 is 0.762. The molecule has 1 atom stereocenters. The van der Waals surface area contributed by atoms with Crippen LogP contribution < -0.4 is 0 Å². The van der Waals surface area contributed by atoms with Gasteiger partial charge in [0.25, 0.3) is 0 Å². The Labute approximate surface area is 98.9 Å². The van der Waals surface area contributed by atoms with Crippen LogP contribution in [0.5, 0.6) is 0 Å². The molecule has 0 radical (unpaired) electrons. The molecule has 1 unspecified atom stereocenters. The summed E-state index contributed by atoms with van der Waals surface area (Å²) >= 11 is 7.23. The lowest BCUT2D eigenvalue weighted by Crippen LogP contribution is -2.01. The number of nitrogens with one attached hydrogen (secondary N) is 1. The third-order valence-electron chi connectivity index (χ3n) is 3.03. The van der Waals surface area contributed by atoms with Crippen LogP contribution in [-0.2, 0) is 0 Å². The molecule has 1 saturated carbocycles. The zero-order valence-electron chi connectivity index (χ0n) is 8.53. The average Bonchev–Trinajstić information content (AvgIpc) is 2.93. The Morgan fingerprint density at radius 3 is 2.93 bits per heavy atom. The van der Waals surface area contributed by atoms with Gasteiger partial charge < -0.3 is 4.98 Å². The molecule has 0 bridgehead atoms. The lowest BCUT2D eigenvalue weighted by molar-refractivity contribution is 0.762. The molecule has 0 spiro atoms. The second-order valence-electron chi connectivity index (χ2n) is 4.34. The van der Waals surface area contributed by atoms with Crippen molar-refractivity contribution in [3.63, 3.8) is 0 Å². The standard InChI is InChI=1S/C11H14N2S2/c14-10-6-8(7-3-4-7)12-11(13-10)9-2-1-5-15-9/h6-7,9H,1-5H2,(H,12,13,14). The molecule has 1 aromatic rings. The SMILES string of the molecule is S=c1cc(C2CC2)[nH]c(C2CCCS2)n1. The summed E-state index contributed by atoms with van der Waals surface area (Å²) in [5.41, 5.74) is 1.32. The summed E-state index contributed by atoms with van der Waals surface area (Å²) in [4.78, 5) is 7.95. The summed E-state index contributed by atoms with van der Waals surface area (Å²) in [5, 5.41) is 0.561. The third-order valence-corrected chi connectivity index (χ3v) is 4.63. The van der Waals surface area contributed by atoms with Gasteiger partial charge in [-0.1, -0.05) is 12.2 Å². The summed E-state index contributed by atoms with van der Waals surface area (Å²) in [6.45, 7) is 0. The highest BCUT2D eigenvalue weighted by molar-refractivity contribution is 7.99. The van der Waals surface area contributed by atoms with Crippen LogP contribution in [0.25, 0.3) is 0 Å². The van der Waals surface area contributed by atoms with E-state index in [9.17, 15) is 0 Å². The van der Waals surface area contributed by atoms with Gasteiger partial charge in [-0.2, -0.15) is 11.8 Å². The zero-order valence-corrected chi connectivity index (χ0v) is 10.2. The van der Waals surface area contributed by atoms with Gasteiger partial charge in [-0.05, 0) is 43.4 Å². The van der Waals surface area contributed by atoms with Crippen LogP contribution >= 0.6 is 24.0 Å².